The SMILES string of the molecule is C=C(C=O)CO.C=C(CO)C(=O)OCC(COC)C1CCC(CCC2CCC(c3ccc(-c4ccc(CCCCC)c(CC)c4)cc3)CC2)CC1. The second-order valence-corrected chi connectivity index (χ2v) is 15.0. The summed E-state index contributed by atoms with van der Waals surface area (Å²) in [7, 11) is 1.72. The van der Waals surface area contributed by atoms with Crippen LogP contribution in [0.3, 0.4) is 0 Å². The summed E-state index contributed by atoms with van der Waals surface area (Å²) in [5, 5.41) is 17.1. The summed E-state index contributed by atoms with van der Waals surface area (Å²) in [6.07, 6.45) is 19.7. The van der Waals surface area contributed by atoms with E-state index < -0.39 is 5.97 Å². The van der Waals surface area contributed by atoms with E-state index in [4.69, 9.17) is 19.7 Å². The molecule has 6 heteroatoms. The maximum absolute atomic E-state index is 12.0. The third-order valence-corrected chi connectivity index (χ3v) is 11.4. The van der Waals surface area contributed by atoms with E-state index in [-0.39, 0.29) is 30.3 Å². The van der Waals surface area contributed by atoms with Crippen molar-refractivity contribution in [1.29, 1.82) is 0 Å². The zero-order chi connectivity index (χ0) is 37.0. The standard InChI is InChI=1S/C41H60O4.C4H6O2/c1-5-7-8-9-34-24-25-39(26-33(34)6-2)37-22-20-36(21-23-37)35-16-12-31(13-17-35)10-11-32-14-18-38(19-15-32)40(28-44-4)29-45-41(43)30(3)27-42;1-4(2-5)3-6/h20-26,31-32,35,38,40,42H,3,5-19,27-29H2,1-2,4H3;2,6H,1,3H2. The fourth-order valence-corrected chi connectivity index (χ4v) is 8.02. The molecule has 2 aromatic rings. The zero-order valence-corrected chi connectivity index (χ0v) is 31.9. The van der Waals surface area contributed by atoms with Gasteiger partial charge in [0.2, 0.25) is 0 Å². The number of carbonyl (C=O) groups excluding carboxylic acids is 2. The lowest BCUT2D eigenvalue weighted by molar-refractivity contribution is -0.142. The van der Waals surface area contributed by atoms with Gasteiger partial charge in [-0.25, -0.2) is 4.79 Å². The Morgan fingerprint density at radius 3 is 1.98 bits per heavy atom. The smallest absolute Gasteiger partial charge is 0.335 e. The molecule has 0 radical (unpaired) electrons. The number of unbranched alkanes of at least 4 members (excludes halogenated alkanes) is 2. The van der Waals surface area contributed by atoms with Crippen molar-refractivity contribution in [2.75, 3.05) is 33.5 Å². The summed E-state index contributed by atoms with van der Waals surface area (Å²) >= 11 is 0. The Kier molecular flexibility index (Phi) is 19.5. The topological polar surface area (TPSA) is 93.1 Å². The molecule has 0 amide bonds. The molecule has 0 saturated heterocycles. The molecule has 0 spiro atoms. The first-order chi connectivity index (χ1) is 24.8. The van der Waals surface area contributed by atoms with Gasteiger partial charge in [-0.1, -0.05) is 108 Å². The number of hydrogen-bond donors (Lipinski definition) is 2. The number of benzene rings is 2. The highest BCUT2D eigenvalue weighted by atomic mass is 16.5. The average molecular weight is 703 g/mol. The number of hydrogen-bond acceptors (Lipinski definition) is 6. The summed E-state index contributed by atoms with van der Waals surface area (Å²) < 4.78 is 10.9. The Morgan fingerprint density at radius 1 is 0.824 bits per heavy atom. The highest BCUT2D eigenvalue weighted by Crippen LogP contribution is 2.41. The van der Waals surface area contributed by atoms with E-state index in [1.54, 1.807) is 7.11 Å². The molecule has 2 aliphatic carbocycles. The quantitative estimate of drug-likeness (QED) is 0.0656. The maximum atomic E-state index is 12.0. The lowest BCUT2D eigenvalue weighted by atomic mass is 9.72. The van der Waals surface area contributed by atoms with Crippen LogP contribution in [0.4, 0.5) is 0 Å². The minimum atomic E-state index is -0.497. The molecule has 6 nitrogen and oxygen atoms in total. The van der Waals surface area contributed by atoms with Crippen LogP contribution in [0.25, 0.3) is 11.1 Å². The molecule has 51 heavy (non-hydrogen) atoms. The molecule has 1 unspecified atom stereocenters. The predicted octanol–water partition coefficient (Wildman–Crippen LogP) is 9.60. The van der Waals surface area contributed by atoms with Gasteiger partial charge in [-0.15, -0.1) is 0 Å². The van der Waals surface area contributed by atoms with Gasteiger partial charge < -0.3 is 19.7 Å². The van der Waals surface area contributed by atoms with Crippen LogP contribution in [-0.4, -0.2) is 56.0 Å². The number of methoxy groups -OCH3 is 1. The van der Waals surface area contributed by atoms with Crippen LogP contribution >= 0.6 is 0 Å². The first-order valence-electron chi connectivity index (χ1n) is 19.7. The van der Waals surface area contributed by atoms with Crippen LogP contribution in [0.2, 0.25) is 0 Å². The molecule has 2 saturated carbocycles. The van der Waals surface area contributed by atoms with Crippen molar-refractivity contribution in [2.24, 2.45) is 23.7 Å². The molecule has 0 aliphatic heterocycles. The van der Waals surface area contributed by atoms with Crippen molar-refractivity contribution >= 4 is 12.3 Å². The van der Waals surface area contributed by atoms with E-state index in [1.807, 2.05) is 0 Å². The second kappa shape index (κ2) is 23.5. The Bertz CT molecular complexity index is 1330. The molecule has 1 atom stereocenters. The van der Waals surface area contributed by atoms with E-state index in [9.17, 15) is 9.59 Å². The Labute approximate surface area is 308 Å². The molecule has 0 bridgehead atoms. The van der Waals surface area contributed by atoms with E-state index in [0.717, 1.165) is 18.3 Å². The maximum Gasteiger partial charge on any atom is 0.335 e. The summed E-state index contributed by atoms with van der Waals surface area (Å²) in [6, 6.07) is 16.7. The van der Waals surface area contributed by atoms with Crippen LogP contribution in [0.1, 0.15) is 120 Å². The Hall–Kier alpha value is -3.06. The van der Waals surface area contributed by atoms with Gasteiger partial charge in [0.25, 0.3) is 0 Å². The van der Waals surface area contributed by atoms with Gasteiger partial charge in [0.05, 0.1) is 32.0 Å². The normalized spacial score (nSPS) is 20.8. The van der Waals surface area contributed by atoms with Crippen LogP contribution in [0.15, 0.2) is 66.8 Å². The van der Waals surface area contributed by atoms with Gasteiger partial charge in [-0.05, 0) is 109 Å². The highest BCUT2D eigenvalue weighted by Gasteiger charge is 2.30. The number of ether oxygens (including phenoxy) is 2. The zero-order valence-electron chi connectivity index (χ0n) is 31.9. The molecule has 2 aliphatic rings. The largest absolute Gasteiger partial charge is 0.462 e. The lowest BCUT2D eigenvalue weighted by Crippen LogP contribution is -2.30. The molecule has 2 fully saturated rings. The Balaban J connectivity index is 0.00000107. The van der Waals surface area contributed by atoms with Crippen LogP contribution in [0.5, 0.6) is 0 Å². The fraction of sp³-hybridized carbons (Fsp3) is 0.600. The fourth-order valence-electron chi connectivity index (χ4n) is 8.02. The molecule has 282 valence electrons. The second-order valence-electron chi connectivity index (χ2n) is 15.0. The molecule has 0 aromatic heterocycles. The van der Waals surface area contributed by atoms with E-state index in [1.165, 1.54) is 118 Å². The first-order valence-corrected chi connectivity index (χ1v) is 19.7. The molecular formula is C45H66O6. The van der Waals surface area contributed by atoms with E-state index >= 15 is 0 Å². The summed E-state index contributed by atoms with van der Waals surface area (Å²) in [4.78, 5) is 21.4. The molecular weight excluding hydrogens is 636 g/mol. The van der Waals surface area contributed by atoms with Crippen molar-refractivity contribution in [1.82, 2.24) is 0 Å². The number of aryl methyl sites for hydroxylation is 2. The molecule has 4 rings (SSSR count). The van der Waals surface area contributed by atoms with Crippen molar-refractivity contribution in [3.8, 4) is 11.1 Å². The monoisotopic (exact) mass is 702 g/mol. The predicted molar refractivity (Wildman–Crippen MR) is 209 cm³/mol. The number of aliphatic hydroxyl groups is 2. The van der Waals surface area contributed by atoms with E-state index in [2.05, 4.69) is 69.5 Å². The van der Waals surface area contributed by atoms with Crippen molar-refractivity contribution in [2.45, 2.75) is 116 Å². The van der Waals surface area contributed by atoms with Crippen LogP contribution in [0, 0.1) is 23.7 Å². The van der Waals surface area contributed by atoms with Gasteiger partial charge >= 0.3 is 5.97 Å². The van der Waals surface area contributed by atoms with Crippen molar-refractivity contribution in [3.63, 3.8) is 0 Å². The highest BCUT2D eigenvalue weighted by molar-refractivity contribution is 5.87. The molecule has 0 heterocycles. The summed E-state index contributed by atoms with van der Waals surface area (Å²) in [5.74, 6) is 2.65. The van der Waals surface area contributed by atoms with E-state index in [0.29, 0.717) is 31.3 Å². The molecule has 2 N–H and O–H groups in total. The van der Waals surface area contributed by atoms with Gasteiger partial charge in [0.1, 0.15) is 6.29 Å². The lowest BCUT2D eigenvalue weighted by Gasteiger charge is -2.35. The number of rotatable bonds is 19. The average Bonchev–Trinajstić information content (AvgIpc) is 3.18. The third-order valence-electron chi connectivity index (χ3n) is 11.4. The summed E-state index contributed by atoms with van der Waals surface area (Å²) in [6.45, 7) is 11.7. The van der Waals surface area contributed by atoms with Crippen molar-refractivity contribution < 1.29 is 29.3 Å². The number of esters is 1. The first kappa shape index (κ1) is 42.4. The number of carbonyl (C=O) groups is 2. The van der Waals surface area contributed by atoms with Crippen LogP contribution in [-0.2, 0) is 31.9 Å². The minimum absolute atomic E-state index is 0.113. The minimum Gasteiger partial charge on any atom is -0.462 e. The van der Waals surface area contributed by atoms with Gasteiger partial charge in [-0.3, -0.25) is 4.79 Å². The van der Waals surface area contributed by atoms with Crippen molar-refractivity contribution in [3.05, 3.63) is 83.5 Å². The van der Waals surface area contributed by atoms with Gasteiger partial charge in [-0.2, -0.15) is 0 Å². The van der Waals surface area contributed by atoms with Gasteiger partial charge in [0, 0.05) is 18.6 Å². The third kappa shape index (κ3) is 14.1. The number of aldehydes is 1. The summed E-state index contributed by atoms with van der Waals surface area (Å²) in [5.41, 5.74) is 7.61. The molecule has 2 aromatic carbocycles. The van der Waals surface area contributed by atoms with Gasteiger partial charge in [0.15, 0.2) is 0 Å². The van der Waals surface area contributed by atoms with Crippen LogP contribution < -0.4 is 0 Å². The Morgan fingerprint density at radius 2 is 1.45 bits per heavy atom. The number of aliphatic hydroxyl groups excluding tert-OH is 2.